The molecule has 106 valence electrons. The van der Waals surface area contributed by atoms with Crippen LogP contribution in [0.25, 0.3) is 0 Å². The minimum atomic E-state index is -0.208. The number of nitrogens with one attached hydrogen (secondary N) is 1. The van der Waals surface area contributed by atoms with E-state index < -0.39 is 0 Å². The predicted molar refractivity (Wildman–Crippen MR) is 79.5 cm³/mol. The van der Waals surface area contributed by atoms with Gasteiger partial charge in [0.1, 0.15) is 11.6 Å². The van der Waals surface area contributed by atoms with Crippen molar-refractivity contribution in [3.63, 3.8) is 0 Å². The van der Waals surface area contributed by atoms with Gasteiger partial charge >= 0.3 is 0 Å². The lowest BCUT2D eigenvalue weighted by Crippen LogP contribution is -2.22. The minimum Gasteiger partial charge on any atom is -0.508 e. The molecule has 2 nitrogen and oxygen atoms in total. The molecule has 0 fully saturated rings. The van der Waals surface area contributed by atoms with Gasteiger partial charge in [-0.1, -0.05) is 31.2 Å². The molecule has 0 heterocycles. The molecule has 2 rings (SSSR count). The summed E-state index contributed by atoms with van der Waals surface area (Å²) in [6.07, 6.45) is 0.769. The van der Waals surface area contributed by atoms with Crippen LogP contribution in [0.3, 0.4) is 0 Å². The number of phenolic OH excluding ortho intramolecular Hbond substituents is 1. The zero-order valence-electron chi connectivity index (χ0n) is 11.6. The van der Waals surface area contributed by atoms with E-state index in [1.54, 1.807) is 24.3 Å². The van der Waals surface area contributed by atoms with Crippen LogP contribution < -0.4 is 5.32 Å². The number of halogens is 1. The lowest BCUT2D eigenvalue weighted by Gasteiger charge is -2.18. The Morgan fingerprint density at radius 2 is 1.95 bits per heavy atom. The summed E-state index contributed by atoms with van der Waals surface area (Å²) in [5, 5.41) is 12.9. The Labute approximate surface area is 119 Å². The molecule has 0 spiro atoms. The molecule has 0 bridgehead atoms. The van der Waals surface area contributed by atoms with Crippen LogP contribution in [-0.2, 0) is 6.42 Å². The summed E-state index contributed by atoms with van der Waals surface area (Å²) in [5.41, 5.74) is 2.03. The van der Waals surface area contributed by atoms with Crippen LogP contribution in [-0.4, -0.2) is 18.2 Å². The summed E-state index contributed by atoms with van der Waals surface area (Å²) < 4.78 is 13.4. The van der Waals surface area contributed by atoms with Crippen molar-refractivity contribution < 1.29 is 9.50 Å². The van der Waals surface area contributed by atoms with Gasteiger partial charge in [0.15, 0.2) is 0 Å². The fourth-order valence-corrected chi connectivity index (χ4v) is 2.35. The van der Waals surface area contributed by atoms with Gasteiger partial charge in [-0.15, -0.1) is 0 Å². The van der Waals surface area contributed by atoms with Gasteiger partial charge in [-0.05, 0) is 48.4 Å². The number of hydrogen-bond donors (Lipinski definition) is 2. The van der Waals surface area contributed by atoms with E-state index in [0.717, 1.165) is 30.6 Å². The topological polar surface area (TPSA) is 32.3 Å². The molecule has 1 atom stereocenters. The Hall–Kier alpha value is -1.87. The summed E-state index contributed by atoms with van der Waals surface area (Å²) in [7, 11) is 0. The predicted octanol–water partition coefficient (Wildman–Crippen LogP) is 3.47. The summed E-state index contributed by atoms with van der Waals surface area (Å²) in [6, 6.07) is 14.0. The number of phenols is 1. The number of aromatic hydroxyl groups is 1. The van der Waals surface area contributed by atoms with Gasteiger partial charge < -0.3 is 10.4 Å². The first kappa shape index (κ1) is 14.5. The zero-order valence-corrected chi connectivity index (χ0v) is 11.6. The lowest BCUT2D eigenvalue weighted by atomic mass is 9.91. The van der Waals surface area contributed by atoms with Crippen LogP contribution in [0.4, 0.5) is 4.39 Å². The Kier molecular flexibility index (Phi) is 5.13. The highest BCUT2D eigenvalue weighted by Crippen LogP contribution is 2.23. The van der Waals surface area contributed by atoms with Crippen molar-refractivity contribution in [2.24, 2.45) is 0 Å². The zero-order chi connectivity index (χ0) is 14.4. The van der Waals surface area contributed by atoms with Gasteiger partial charge in [-0.2, -0.15) is 0 Å². The van der Waals surface area contributed by atoms with Crippen molar-refractivity contribution in [2.45, 2.75) is 19.3 Å². The fourth-order valence-electron chi connectivity index (χ4n) is 2.35. The third-order valence-corrected chi connectivity index (χ3v) is 3.35. The first-order valence-corrected chi connectivity index (χ1v) is 6.93. The molecule has 0 saturated heterocycles. The van der Waals surface area contributed by atoms with Crippen molar-refractivity contribution in [1.29, 1.82) is 0 Å². The fraction of sp³-hybridized carbons (Fsp3) is 0.294. The van der Waals surface area contributed by atoms with Crippen molar-refractivity contribution >= 4 is 0 Å². The maximum Gasteiger partial charge on any atom is 0.123 e. The molecule has 2 N–H and O–H groups in total. The molecule has 0 amide bonds. The average molecular weight is 273 g/mol. The van der Waals surface area contributed by atoms with E-state index in [-0.39, 0.29) is 17.5 Å². The quantitative estimate of drug-likeness (QED) is 0.844. The third kappa shape index (κ3) is 4.07. The lowest BCUT2D eigenvalue weighted by molar-refractivity contribution is 0.474. The van der Waals surface area contributed by atoms with Crippen LogP contribution in [0.15, 0.2) is 48.5 Å². The number of hydrogen-bond acceptors (Lipinski definition) is 2. The normalized spacial score (nSPS) is 12.3. The Morgan fingerprint density at radius 1 is 1.15 bits per heavy atom. The van der Waals surface area contributed by atoms with E-state index in [2.05, 4.69) is 12.2 Å². The van der Waals surface area contributed by atoms with Gasteiger partial charge in [-0.3, -0.25) is 0 Å². The van der Waals surface area contributed by atoms with Crippen LogP contribution in [0.5, 0.6) is 5.75 Å². The van der Waals surface area contributed by atoms with Crippen LogP contribution in [0.2, 0.25) is 0 Å². The molecule has 20 heavy (non-hydrogen) atoms. The van der Waals surface area contributed by atoms with E-state index in [9.17, 15) is 9.50 Å². The Balaban J connectivity index is 2.19. The summed E-state index contributed by atoms with van der Waals surface area (Å²) >= 11 is 0. The van der Waals surface area contributed by atoms with Gasteiger partial charge in [0.05, 0.1) is 0 Å². The molecule has 2 aromatic rings. The average Bonchev–Trinajstić information content (AvgIpc) is 2.43. The SMILES string of the molecule is CCNCC(Cc1cccc(O)c1)c1cccc(F)c1. The van der Waals surface area contributed by atoms with Gasteiger partial charge in [0.2, 0.25) is 0 Å². The van der Waals surface area contributed by atoms with Crippen LogP contribution in [0, 0.1) is 5.82 Å². The van der Waals surface area contributed by atoms with E-state index in [1.807, 2.05) is 18.2 Å². The maximum absolute atomic E-state index is 13.4. The Morgan fingerprint density at radius 3 is 2.65 bits per heavy atom. The highest BCUT2D eigenvalue weighted by Gasteiger charge is 2.13. The van der Waals surface area contributed by atoms with Crippen molar-refractivity contribution in [2.75, 3.05) is 13.1 Å². The number of benzene rings is 2. The first-order chi connectivity index (χ1) is 9.69. The van der Waals surface area contributed by atoms with Crippen LogP contribution in [0.1, 0.15) is 24.0 Å². The van der Waals surface area contributed by atoms with E-state index in [1.165, 1.54) is 6.07 Å². The maximum atomic E-state index is 13.4. The van der Waals surface area contributed by atoms with Gasteiger partial charge in [-0.25, -0.2) is 4.39 Å². The molecule has 0 aromatic heterocycles. The highest BCUT2D eigenvalue weighted by molar-refractivity contribution is 5.30. The van der Waals surface area contributed by atoms with E-state index in [0.29, 0.717) is 0 Å². The second-order valence-corrected chi connectivity index (χ2v) is 4.93. The minimum absolute atomic E-state index is 0.187. The van der Waals surface area contributed by atoms with Crippen molar-refractivity contribution in [3.05, 3.63) is 65.5 Å². The van der Waals surface area contributed by atoms with Gasteiger partial charge in [0, 0.05) is 12.5 Å². The molecule has 0 aliphatic rings. The van der Waals surface area contributed by atoms with Gasteiger partial charge in [0.25, 0.3) is 0 Å². The molecule has 0 saturated carbocycles. The molecule has 3 heteroatoms. The summed E-state index contributed by atoms with van der Waals surface area (Å²) in [6.45, 7) is 3.72. The molecular weight excluding hydrogens is 253 g/mol. The number of likely N-dealkylation sites (N-methyl/N-ethyl adjacent to an activating group) is 1. The highest BCUT2D eigenvalue weighted by atomic mass is 19.1. The molecule has 0 aliphatic carbocycles. The Bertz CT molecular complexity index is 556. The van der Waals surface area contributed by atoms with E-state index in [4.69, 9.17) is 0 Å². The standard InChI is InChI=1S/C17H20FNO/c1-2-19-12-15(14-6-4-7-16(18)11-14)9-13-5-3-8-17(20)10-13/h3-8,10-11,15,19-20H,2,9,12H2,1H3. The smallest absolute Gasteiger partial charge is 0.123 e. The van der Waals surface area contributed by atoms with E-state index >= 15 is 0 Å². The van der Waals surface area contributed by atoms with Crippen molar-refractivity contribution in [3.8, 4) is 5.75 Å². The van der Waals surface area contributed by atoms with Crippen LogP contribution >= 0.6 is 0 Å². The molecule has 0 radical (unpaired) electrons. The molecule has 2 aromatic carbocycles. The second-order valence-electron chi connectivity index (χ2n) is 4.93. The second kappa shape index (κ2) is 7.06. The largest absolute Gasteiger partial charge is 0.508 e. The summed E-state index contributed by atoms with van der Waals surface area (Å²) in [5.74, 6) is 0.247. The molecular formula is C17H20FNO. The summed E-state index contributed by atoms with van der Waals surface area (Å²) in [4.78, 5) is 0. The third-order valence-electron chi connectivity index (χ3n) is 3.35. The van der Waals surface area contributed by atoms with Crippen molar-refractivity contribution in [1.82, 2.24) is 5.32 Å². The number of rotatable bonds is 6. The monoisotopic (exact) mass is 273 g/mol. The molecule has 1 unspecified atom stereocenters. The molecule has 0 aliphatic heterocycles. The first-order valence-electron chi connectivity index (χ1n) is 6.93.